The molecule has 2 heterocycles. The summed E-state index contributed by atoms with van der Waals surface area (Å²) in [5.41, 5.74) is 1.82. The van der Waals surface area contributed by atoms with Crippen molar-refractivity contribution >= 4 is 11.4 Å². The van der Waals surface area contributed by atoms with Crippen LogP contribution >= 0.6 is 0 Å². The van der Waals surface area contributed by atoms with Crippen LogP contribution in [0.25, 0.3) is 0 Å². The Balaban J connectivity index is 1.67. The second-order valence-corrected chi connectivity index (χ2v) is 6.49. The lowest BCUT2D eigenvalue weighted by Crippen LogP contribution is -2.41. The third-order valence-electron chi connectivity index (χ3n) is 5.21. The molecular weight excluding hydrogens is 266 g/mol. The van der Waals surface area contributed by atoms with E-state index < -0.39 is 0 Å². The quantitative estimate of drug-likeness (QED) is 0.683. The summed E-state index contributed by atoms with van der Waals surface area (Å²) < 4.78 is 0. The molecule has 0 amide bonds. The van der Waals surface area contributed by atoms with Gasteiger partial charge in [-0.25, -0.2) is 0 Å². The number of aryl methyl sites for hydroxylation is 1. The van der Waals surface area contributed by atoms with Gasteiger partial charge < -0.3 is 10.2 Å². The predicted molar refractivity (Wildman–Crippen MR) is 83.6 cm³/mol. The first-order valence-corrected chi connectivity index (χ1v) is 7.76. The van der Waals surface area contributed by atoms with Crippen molar-refractivity contribution in [2.24, 2.45) is 5.92 Å². The number of nitrogens with zero attached hydrogens (tertiary/aromatic N) is 2. The molecule has 3 rings (SSSR count). The summed E-state index contributed by atoms with van der Waals surface area (Å²) in [6.45, 7) is 2.76. The molecule has 2 atom stereocenters. The molecular formula is C16H23N3O2. The molecule has 2 bridgehead atoms. The first-order valence-electron chi connectivity index (χ1n) is 7.76. The summed E-state index contributed by atoms with van der Waals surface area (Å²) in [7, 11) is 2.23. The number of benzene rings is 1. The van der Waals surface area contributed by atoms with Gasteiger partial charge >= 0.3 is 0 Å². The SMILES string of the molecule is Cc1cccc([N+](=O)[O-])c1NCC1CC2CCC(C1)N2C. The number of hydrogen-bond donors (Lipinski definition) is 1. The maximum absolute atomic E-state index is 11.1. The van der Waals surface area contributed by atoms with Crippen molar-refractivity contribution in [3.63, 3.8) is 0 Å². The summed E-state index contributed by atoms with van der Waals surface area (Å²) in [6.07, 6.45) is 5.03. The van der Waals surface area contributed by atoms with Crippen molar-refractivity contribution in [3.8, 4) is 0 Å². The number of para-hydroxylation sites is 1. The van der Waals surface area contributed by atoms with E-state index in [4.69, 9.17) is 0 Å². The summed E-state index contributed by atoms with van der Waals surface area (Å²) >= 11 is 0. The van der Waals surface area contributed by atoms with Gasteiger partial charge in [0.05, 0.1) is 4.92 Å². The van der Waals surface area contributed by atoms with Crippen LogP contribution < -0.4 is 5.32 Å². The zero-order chi connectivity index (χ0) is 15.0. The van der Waals surface area contributed by atoms with E-state index in [1.165, 1.54) is 25.7 Å². The largest absolute Gasteiger partial charge is 0.379 e. The summed E-state index contributed by atoms with van der Waals surface area (Å²) in [5.74, 6) is 0.623. The van der Waals surface area contributed by atoms with Crippen LogP contribution in [0.3, 0.4) is 0 Å². The molecule has 0 saturated carbocycles. The van der Waals surface area contributed by atoms with Crippen molar-refractivity contribution in [2.45, 2.75) is 44.7 Å². The number of anilines is 1. The lowest BCUT2D eigenvalue weighted by Gasteiger charge is -2.36. The molecule has 0 aliphatic carbocycles. The van der Waals surface area contributed by atoms with Crippen LogP contribution in [0.4, 0.5) is 11.4 Å². The highest BCUT2D eigenvalue weighted by atomic mass is 16.6. The summed E-state index contributed by atoms with van der Waals surface area (Å²) in [6, 6.07) is 6.67. The Morgan fingerprint density at radius 2 is 2.00 bits per heavy atom. The Morgan fingerprint density at radius 1 is 1.33 bits per heavy atom. The lowest BCUT2D eigenvalue weighted by molar-refractivity contribution is -0.384. The normalized spacial score (nSPS) is 28.6. The van der Waals surface area contributed by atoms with Gasteiger partial charge in [0.15, 0.2) is 0 Å². The molecule has 2 fully saturated rings. The molecule has 1 aromatic carbocycles. The smallest absolute Gasteiger partial charge is 0.292 e. The monoisotopic (exact) mass is 289 g/mol. The fourth-order valence-corrected chi connectivity index (χ4v) is 3.97. The minimum absolute atomic E-state index is 0.186. The van der Waals surface area contributed by atoms with Crippen LogP contribution in [-0.4, -0.2) is 35.5 Å². The third-order valence-corrected chi connectivity index (χ3v) is 5.21. The fourth-order valence-electron chi connectivity index (χ4n) is 3.97. The van der Waals surface area contributed by atoms with E-state index in [1.807, 2.05) is 13.0 Å². The predicted octanol–water partition coefficient (Wildman–Crippen LogP) is 3.19. The van der Waals surface area contributed by atoms with Crippen LogP contribution in [0.15, 0.2) is 18.2 Å². The Bertz CT molecular complexity index is 532. The Kier molecular flexibility index (Phi) is 3.85. The number of nitro benzene ring substituents is 1. The van der Waals surface area contributed by atoms with Crippen molar-refractivity contribution < 1.29 is 4.92 Å². The number of nitro groups is 1. The number of rotatable bonds is 4. The molecule has 5 heteroatoms. The molecule has 1 N–H and O–H groups in total. The summed E-state index contributed by atoms with van der Waals surface area (Å²) in [4.78, 5) is 13.4. The van der Waals surface area contributed by atoms with Crippen LogP contribution in [0.2, 0.25) is 0 Å². The molecule has 21 heavy (non-hydrogen) atoms. The molecule has 5 nitrogen and oxygen atoms in total. The van der Waals surface area contributed by atoms with Crippen LogP contribution in [0, 0.1) is 23.0 Å². The first kappa shape index (κ1) is 14.3. The molecule has 0 spiro atoms. The van der Waals surface area contributed by atoms with E-state index in [9.17, 15) is 10.1 Å². The third kappa shape index (κ3) is 2.75. The maximum atomic E-state index is 11.1. The van der Waals surface area contributed by atoms with Crippen LogP contribution in [0.5, 0.6) is 0 Å². The average Bonchev–Trinajstić information content (AvgIpc) is 2.68. The van der Waals surface area contributed by atoms with E-state index in [1.54, 1.807) is 12.1 Å². The molecule has 2 aliphatic rings. The fraction of sp³-hybridized carbons (Fsp3) is 0.625. The second kappa shape index (κ2) is 5.64. The van der Waals surface area contributed by atoms with Crippen molar-refractivity contribution in [1.29, 1.82) is 0 Å². The standard InChI is InChI=1S/C16H23N3O2/c1-11-4-3-5-15(19(20)21)16(11)17-10-12-8-13-6-7-14(9-12)18(13)2/h3-5,12-14,17H,6-10H2,1-2H3. The Labute approximate surface area is 125 Å². The summed E-state index contributed by atoms with van der Waals surface area (Å²) in [5, 5.41) is 14.5. The van der Waals surface area contributed by atoms with Gasteiger partial charge in [0.2, 0.25) is 0 Å². The molecule has 2 aliphatic heterocycles. The number of nitrogens with one attached hydrogen (secondary N) is 1. The molecule has 2 saturated heterocycles. The molecule has 0 aromatic heterocycles. The zero-order valence-electron chi connectivity index (χ0n) is 12.7. The van der Waals surface area contributed by atoms with Crippen molar-refractivity contribution in [1.82, 2.24) is 4.90 Å². The van der Waals surface area contributed by atoms with Gasteiger partial charge in [-0.1, -0.05) is 12.1 Å². The minimum Gasteiger partial charge on any atom is -0.379 e. The molecule has 0 radical (unpaired) electrons. The van der Waals surface area contributed by atoms with Crippen LogP contribution in [-0.2, 0) is 0 Å². The van der Waals surface area contributed by atoms with Gasteiger partial charge in [-0.3, -0.25) is 10.1 Å². The molecule has 1 aromatic rings. The van der Waals surface area contributed by atoms with Crippen molar-refractivity contribution in [3.05, 3.63) is 33.9 Å². The zero-order valence-corrected chi connectivity index (χ0v) is 12.7. The van der Waals surface area contributed by atoms with Gasteiger partial charge in [-0.15, -0.1) is 0 Å². The second-order valence-electron chi connectivity index (χ2n) is 6.49. The molecule has 2 unspecified atom stereocenters. The van der Waals surface area contributed by atoms with Gasteiger partial charge in [-0.2, -0.15) is 0 Å². The maximum Gasteiger partial charge on any atom is 0.292 e. The van der Waals surface area contributed by atoms with Gasteiger partial charge in [0.1, 0.15) is 5.69 Å². The van der Waals surface area contributed by atoms with E-state index >= 15 is 0 Å². The van der Waals surface area contributed by atoms with Gasteiger partial charge in [-0.05, 0) is 51.1 Å². The van der Waals surface area contributed by atoms with E-state index in [2.05, 4.69) is 17.3 Å². The Hall–Kier alpha value is -1.62. The van der Waals surface area contributed by atoms with Crippen molar-refractivity contribution in [2.75, 3.05) is 18.9 Å². The molecule has 114 valence electrons. The topological polar surface area (TPSA) is 58.4 Å². The average molecular weight is 289 g/mol. The van der Waals surface area contributed by atoms with E-state index in [0.29, 0.717) is 23.7 Å². The highest BCUT2D eigenvalue weighted by Gasteiger charge is 2.38. The number of piperidine rings is 1. The lowest BCUT2D eigenvalue weighted by atomic mass is 9.91. The van der Waals surface area contributed by atoms with E-state index in [-0.39, 0.29) is 10.6 Å². The van der Waals surface area contributed by atoms with E-state index in [0.717, 1.165) is 12.1 Å². The van der Waals surface area contributed by atoms with Crippen LogP contribution in [0.1, 0.15) is 31.2 Å². The van der Waals surface area contributed by atoms with Gasteiger partial charge in [0.25, 0.3) is 5.69 Å². The van der Waals surface area contributed by atoms with Gasteiger partial charge in [0, 0.05) is 24.7 Å². The Morgan fingerprint density at radius 3 is 2.62 bits per heavy atom. The minimum atomic E-state index is -0.298. The number of hydrogen-bond acceptors (Lipinski definition) is 4. The highest BCUT2D eigenvalue weighted by Crippen LogP contribution is 2.38. The number of fused-ring (bicyclic) bond motifs is 2. The highest BCUT2D eigenvalue weighted by molar-refractivity contribution is 5.65. The first-order chi connectivity index (χ1) is 10.1.